The van der Waals surface area contributed by atoms with E-state index in [1.54, 1.807) is 0 Å². The maximum absolute atomic E-state index is 12.9. The molecule has 1 spiro atoms. The van der Waals surface area contributed by atoms with Crippen molar-refractivity contribution >= 4 is 11.9 Å². The van der Waals surface area contributed by atoms with Crippen LogP contribution in [0.2, 0.25) is 0 Å². The lowest BCUT2D eigenvalue weighted by Crippen LogP contribution is -2.41. The minimum absolute atomic E-state index is 0.142. The summed E-state index contributed by atoms with van der Waals surface area (Å²) in [7, 11) is 0. The van der Waals surface area contributed by atoms with E-state index in [0.717, 1.165) is 31.6 Å². The molecule has 2 unspecified atom stereocenters. The van der Waals surface area contributed by atoms with Crippen LogP contribution in [0.25, 0.3) is 0 Å². The lowest BCUT2D eigenvalue weighted by molar-refractivity contribution is -0.130. The summed E-state index contributed by atoms with van der Waals surface area (Å²) in [5, 5.41) is 0. The fourth-order valence-electron chi connectivity index (χ4n) is 5.44. The fraction of sp³-hybridized carbons (Fsp3) is 0.458. The number of aliphatic imine (C=N–C) groups is 1. The Balaban J connectivity index is 1.21. The Hall–Kier alpha value is -2.73. The van der Waals surface area contributed by atoms with Crippen LogP contribution in [-0.4, -0.2) is 46.6 Å². The Morgan fingerprint density at radius 1 is 1.13 bits per heavy atom. The summed E-state index contributed by atoms with van der Waals surface area (Å²) < 4.78 is 12.5. The summed E-state index contributed by atoms with van der Waals surface area (Å²) in [5.41, 5.74) is 5.10. The Labute approximate surface area is 175 Å². The minimum Gasteiger partial charge on any atom is -0.447 e. The summed E-state index contributed by atoms with van der Waals surface area (Å²) in [6, 6.07) is 11.0. The number of amidine groups is 1. The molecule has 154 valence electrons. The zero-order valence-corrected chi connectivity index (χ0v) is 17.1. The average Bonchev–Trinajstić information content (AvgIpc) is 3.18. The number of benzene rings is 1. The zero-order chi connectivity index (χ0) is 20.3. The van der Waals surface area contributed by atoms with Crippen LogP contribution in [-0.2, 0) is 33.7 Å². The summed E-state index contributed by atoms with van der Waals surface area (Å²) in [6.07, 6.45) is 5.13. The van der Waals surface area contributed by atoms with Gasteiger partial charge in [-0.15, -0.1) is 0 Å². The predicted octanol–water partition coefficient (Wildman–Crippen LogP) is 2.92. The first kappa shape index (κ1) is 18.1. The Morgan fingerprint density at radius 3 is 2.70 bits per heavy atom. The molecule has 0 N–H and O–H groups in total. The number of amides is 1. The first-order valence-corrected chi connectivity index (χ1v) is 10.8. The molecular weight excluding hydrogens is 378 g/mol. The van der Waals surface area contributed by atoms with E-state index >= 15 is 0 Å². The quantitative estimate of drug-likeness (QED) is 0.677. The van der Waals surface area contributed by atoms with Crippen molar-refractivity contribution in [3.63, 3.8) is 0 Å². The molecule has 1 aromatic carbocycles. The minimum atomic E-state index is -0.845. The SMILES string of the molecule is Cc1cnc2c(c1)C1CCN(C3=NC(=O)C4(Cc5ccccc5C4)O3)CCC1OC2. The molecule has 1 amide bonds. The number of rotatable bonds is 0. The predicted molar refractivity (Wildman–Crippen MR) is 111 cm³/mol. The number of carbonyl (C=O) groups excluding carboxylic acids is 1. The number of likely N-dealkylation sites (tertiary alicyclic amines) is 1. The van der Waals surface area contributed by atoms with Crippen LogP contribution in [0.3, 0.4) is 0 Å². The van der Waals surface area contributed by atoms with Gasteiger partial charge in [0.25, 0.3) is 11.9 Å². The average molecular weight is 403 g/mol. The summed E-state index contributed by atoms with van der Waals surface area (Å²) in [6.45, 7) is 4.25. The van der Waals surface area contributed by atoms with E-state index in [4.69, 9.17) is 9.47 Å². The number of hydrogen-bond acceptors (Lipinski definition) is 5. The van der Waals surface area contributed by atoms with E-state index in [-0.39, 0.29) is 12.0 Å². The molecule has 0 radical (unpaired) electrons. The van der Waals surface area contributed by atoms with Crippen molar-refractivity contribution in [2.24, 2.45) is 4.99 Å². The van der Waals surface area contributed by atoms with Crippen molar-refractivity contribution in [1.82, 2.24) is 9.88 Å². The van der Waals surface area contributed by atoms with E-state index in [1.165, 1.54) is 22.3 Å². The van der Waals surface area contributed by atoms with Gasteiger partial charge in [-0.3, -0.25) is 9.78 Å². The fourth-order valence-corrected chi connectivity index (χ4v) is 5.44. The summed E-state index contributed by atoms with van der Waals surface area (Å²) >= 11 is 0. The van der Waals surface area contributed by atoms with Crippen molar-refractivity contribution in [3.05, 3.63) is 64.5 Å². The van der Waals surface area contributed by atoms with Crippen LogP contribution in [0, 0.1) is 6.92 Å². The molecule has 4 heterocycles. The van der Waals surface area contributed by atoms with Gasteiger partial charge in [0.2, 0.25) is 5.60 Å². The van der Waals surface area contributed by atoms with Crippen molar-refractivity contribution in [2.45, 2.75) is 56.8 Å². The van der Waals surface area contributed by atoms with E-state index in [0.29, 0.717) is 31.4 Å². The normalized spacial score (nSPS) is 26.5. The number of aryl methyl sites for hydroxylation is 1. The van der Waals surface area contributed by atoms with Crippen molar-refractivity contribution in [3.8, 4) is 0 Å². The number of carbonyl (C=O) groups is 1. The van der Waals surface area contributed by atoms with Crippen LogP contribution >= 0.6 is 0 Å². The van der Waals surface area contributed by atoms with Crippen LogP contribution in [0.15, 0.2) is 41.5 Å². The van der Waals surface area contributed by atoms with Crippen LogP contribution in [0.4, 0.5) is 0 Å². The van der Waals surface area contributed by atoms with Gasteiger partial charge in [-0.05, 0) is 42.0 Å². The van der Waals surface area contributed by atoms with Gasteiger partial charge >= 0.3 is 0 Å². The molecule has 6 heteroatoms. The molecule has 1 fully saturated rings. The number of pyridine rings is 1. The molecule has 1 aromatic heterocycles. The third-order valence-corrected chi connectivity index (χ3v) is 7.03. The number of ether oxygens (including phenoxy) is 2. The topological polar surface area (TPSA) is 64.0 Å². The first-order valence-electron chi connectivity index (χ1n) is 10.8. The number of fused-ring (bicyclic) bond motifs is 4. The maximum Gasteiger partial charge on any atom is 0.296 e. The highest BCUT2D eigenvalue weighted by atomic mass is 16.5. The van der Waals surface area contributed by atoms with E-state index in [2.05, 4.69) is 40.0 Å². The number of nitrogens with zero attached hydrogens (tertiary/aromatic N) is 3. The van der Waals surface area contributed by atoms with Crippen molar-refractivity contribution in [2.75, 3.05) is 13.1 Å². The largest absolute Gasteiger partial charge is 0.447 e. The van der Waals surface area contributed by atoms with Crippen LogP contribution in [0.5, 0.6) is 0 Å². The van der Waals surface area contributed by atoms with Gasteiger partial charge in [0, 0.05) is 38.0 Å². The molecule has 4 aliphatic rings. The zero-order valence-electron chi connectivity index (χ0n) is 17.1. The molecule has 2 aromatic rings. The number of hydrogen-bond donors (Lipinski definition) is 0. The second-order valence-electron chi connectivity index (χ2n) is 8.99. The molecule has 1 aliphatic carbocycles. The van der Waals surface area contributed by atoms with Gasteiger partial charge in [0.1, 0.15) is 0 Å². The van der Waals surface area contributed by atoms with Gasteiger partial charge in [-0.25, -0.2) is 0 Å². The first-order chi connectivity index (χ1) is 14.6. The molecule has 2 atom stereocenters. The van der Waals surface area contributed by atoms with E-state index in [1.807, 2.05) is 18.3 Å². The highest BCUT2D eigenvalue weighted by Gasteiger charge is 2.52. The van der Waals surface area contributed by atoms with Crippen LogP contribution < -0.4 is 0 Å². The van der Waals surface area contributed by atoms with Crippen molar-refractivity contribution < 1.29 is 14.3 Å². The molecular formula is C24H25N3O3. The molecule has 6 rings (SSSR count). The molecule has 1 saturated heterocycles. The third-order valence-electron chi connectivity index (χ3n) is 7.03. The Bertz CT molecular complexity index is 1040. The molecule has 30 heavy (non-hydrogen) atoms. The molecule has 3 aliphatic heterocycles. The highest BCUT2D eigenvalue weighted by molar-refractivity contribution is 6.02. The third kappa shape index (κ3) is 2.77. The second kappa shape index (κ2) is 6.64. The summed E-state index contributed by atoms with van der Waals surface area (Å²) in [5.74, 6) is 0.185. The smallest absolute Gasteiger partial charge is 0.296 e. The highest BCUT2D eigenvalue weighted by Crippen LogP contribution is 2.40. The van der Waals surface area contributed by atoms with Crippen LogP contribution in [0.1, 0.15) is 46.7 Å². The van der Waals surface area contributed by atoms with Gasteiger partial charge in [0.15, 0.2) is 0 Å². The van der Waals surface area contributed by atoms with Gasteiger partial charge in [-0.1, -0.05) is 30.3 Å². The van der Waals surface area contributed by atoms with Gasteiger partial charge < -0.3 is 14.4 Å². The van der Waals surface area contributed by atoms with Gasteiger partial charge in [-0.2, -0.15) is 4.99 Å². The monoisotopic (exact) mass is 403 g/mol. The lowest BCUT2D eigenvalue weighted by Gasteiger charge is -2.31. The molecule has 0 bridgehead atoms. The van der Waals surface area contributed by atoms with E-state index < -0.39 is 5.60 Å². The standard InChI is InChI=1S/C24H25N3O3/c1-15-10-19-18-6-8-27(9-7-21(18)29-14-20(19)25-13-15)23-26-22(28)24(30-23)11-16-4-2-3-5-17(16)12-24/h2-5,10,13,18,21H,6-9,11-12,14H2,1H3. The van der Waals surface area contributed by atoms with E-state index in [9.17, 15) is 4.79 Å². The molecule has 0 saturated carbocycles. The Kier molecular flexibility index (Phi) is 4.00. The van der Waals surface area contributed by atoms with Crippen molar-refractivity contribution in [1.29, 1.82) is 0 Å². The Morgan fingerprint density at radius 2 is 1.90 bits per heavy atom. The van der Waals surface area contributed by atoms with Gasteiger partial charge in [0.05, 0.1) is 18.4 Å². The number of aromatic nitrogens is 1. The molecule has 6 nitrogen and oxygen atoms in total. The summed E-state index contributed by atoms with van der Waals surface area (Å²) in [4.78, 5) is 24.0. The second-order valence-corrected chi connectivity index (χ2v) is 8.99. The lowest BCUT2D eigenvalue weighted by atomic mass is 9.86. The maximum atomic E-state index is 12.9.